The summed E-state index contributed by atoms with van der Waals surface area (Å²) in [5.41, 5.74) is 8.06. The third kappa shape index (κ3) is 10.5. The fourth-order valence-electron chi connectivity index (χ4n) is 3.69. The second kappa shape index (κ2) is 16.5. The highest BCUT2D eigenvalue weighted by Gasteiger charge is 2.14. The zero-order chi connectivity index (χ0) is 28.7. The van der Waals surface area contributed by atoms with Crippen molar-refractivity contribution >= 4 is 52.4 Å². The number of carbonyl (C=O) groups excluding carboxylic acids is 2. The summed E-state index contributed by atoms with van der Waals surface area (Å²) in [5.74, 6) is -0.0510. The van der Waals surface area contributed by atoms with E-state index in [1.54, 1.807) is 19.1 Å². The lowest BCUT2D eigenvalue weighted by molar-refractivity contribution is -0.118. The van der Waals surface area contributed by atoms with Crippen LogP contribution in [0.25, 0.3) is 0 Å². The van der Waals surface area contributed by atoms with Gasteiger partial charge in [0.25, 0.3) is 0 Å². The number of guanidine groups is 1. The van der Waals surface area contributed by atoms with Gasteiger partial charge in [0.2, 0.25) is 11.8 Å². The Kier molecular flexibility index (Phi) is 12.8. The minimum absolute atomic E-state index is 0.0781. The number of amides is 2. The monoisotopic (exact) mass is 588 g/mol. The van der Waals surface area contributed by atoms with Crippen LogP contribution in [0.3, 0.4) is 0 Å². The van der Waals surface area contributed by atoms with Crippen molar-refractivity contribution in [2.45, 2.75) is 39.2 Å². The van der Waals surface area contributed by atoms with E-state index in [1.807, 2.05) is 30.3 Å². The molecule has 0 unspecified atom stereocenters. The number of hydrogen-bond acceptors (Lipinski definition) is 8. The molecule has 0 atom stereocenters. The van der Waals surface area contributed by atoms with Gasteiger partial charge in [-0.3, -0.25) is 14.9 Å². The van der Waals surface area contributed by atoms with Crippen molar-refractivity contribution in [3.63, 3.8) is 0 Å². The van der Waals surface area contributed by atoms with Crippen molar-refractivity contribution in [1.29, 1.82) is 0 Å². The van der Waals surface area contributed by atoms with Crippen LogP contribution >= 0.6 is 23.2 Å². The van der Waals surface area contributed by atoms with Crippen LogP contribution in [-0.2, 0) is 21.0 Å². The molecule has 3 aliphatic heterocycles. The van der Waals surface area contributed by atoms with E-state index >= 15 is 0 Å². The minimum atomic E-state index is -0.412. The average Bonchev–Trinajstić information content (AvgIpc) is 2.92. The molecule has 0 aliphatic carbocycles. The van der Waals surface area contributed by atoms with Crippen molar-refractivity contribution in [3.05, 3.63) is 69.7 Å². The molecule has 4 bridgehead atoms. The molecule has 214 valence electrons. The number of nitrogens with zero attached hydrogens (tertiary/aromatic N) is 2. The maximum Gasteiger partial charge on any atom is 0.238 e. The number of nitrogens with two attached hydrogens (primary N) is 1. The van der Waals surface area contributed by atoms with Crippen LogP contribution in [0.5, 0.6) is 5.75 Å². The van der Waals surface area contributed by atoms with E-state index in [2.05, 4.69) is 32.2 Å². The van der Waals surface area contributed by atoms with Gasteiger partial charge in [0.15, 0.2) is 5.96 Å². The predicted molar refractivity (Wildman–Crippen MR) is 159 cm³/mol. The highest BCUT2D eigenvalue weighted by molar-refractivity contribution is 6.39. The van der Waals surface area contributed by atoms with Gasteiger partial charge in [-0.05, 0) is 74.7 Å². The largest absolute Gasteiger partial charge is 0.490 e. The van der Waals surface area contributed by atoms with Crippen molar-refractivity contribution in [2.75, 3.05) is 31.6 Å². The van der Waals surface area contributed by atoms with Crippen LogP contribution in [-0.4, -0.2) is 49.8 Å². The third-order valence-corrected chi connectivity index (χ3v) is 6.25. The van der Waals surface area contributed by atoms with Gasteiger partial charge in [0, 0.05) is 5.56 Å². The number of halogens is 2. The summed E-state index contributed by atoms with van der Waals surface area (Å²) in [6, 6.07) is 10.5. The molecule has 0 spiro atoms. The van der Waals surface area contributed by atoms with Gasteiger partial charge in [-0.15, -0.1) is 0 Å². The van der Waals surface area contributed by atoms with Crippen LogP contribution in [0.15, 0.2) is 58.7 Å². The Morgan fingerprint density at radius 1 is 1.05 bits per heavy atom. The zero-order valence-corrected chi connectivity index (χ0v) is 23.9. The SMILES string of the molecule is CCON=C1CC(=O)NC(N)=NCc2cc(Cl)c(c(Cl)c2)NC(=O)CNCCCC/C=C/COc2ccc1cc2. The quantitative estimate of drug-likeness (QED) is 0.303. The third-order valence-electron chi connectivity index (χ3n) is 5.66. The van der Waals surface area contributed by atoms with Gasteiger partial charge in [0.1, 0.15) is 19.0 Å². The molecule has 3 heterocycles. The highest BCUT2D eigenvalue weighted by Crippen LogP contribution is 2.32. The van der Waals surface area contributed by atoms with Crippen molar-refractivity contribution in [3.8, 4) is 5.75 Å². The first-order valence-electron chi connectivity index (χ1n) is 13.0. The molecule has 2 aromatic carbocycles. The first kappa shape index (κ1) is 30.9. The average molecular weight is 590 g/mol. The molecule has 3 aliphatic rings. The maximum atomic E-state index is 12.7. The summed E-state index contributed by atoms with van der Waals surface area (Å²) in [4.78, 5) is 34.5. The number of anilines is 1. The number of allylic oxidation sites excluding steroid dienone is 1. The summed E-state index contributed by atoms with van der Waals surface area (Å²) < 4.78 is 5.77. The second-order valence-corrected chi connectivity index (χ2v) is 9.66. The molecule has 5 N–H and O–H groups in total. The Bertz CT molecular complexity index is 1220. The summed E-state index contributed by atoms with van der Waals surface area (Å²) in [5, 5.41) is 13.1. The van der Waals surface area contributed by atoms with Crippen molar-refractivity contribution in [2.24, 2.45) is 15.9 Å². The molecule has 2 aromatic rings. The van der Waals surface area contributed by atoms with E-state index in [0.717, 1.165) is 19.3 Å². The number of rotatable bonds is 2. The van der Waals surface area contributed by atoms with Gasteiger partial charge in [-0.25, -0.2) is 4.99 Å². The molecular weight excluding hydrogens is 555 g/mol. The molecule has 0 fully saturated rings. The summed E-state index contributed by atoms with van der Waals surface area (Å²) in [6.07, 6.45) is 6.76. The molecule has 0 saturated carbocycles. The molecule has 0 saturated heterocycles. The molecule has 40 heavy (non-hydrogen) atoms. The zero-order valence-electron chi connectivity index (χ0n) is 22.3. The molecule has 2 amide bonds. The van der Waals surface area contributed by atoms with E-state index in [1.165, 1.54) is 0 Å². The number of carbonyl (C=O) groups is 2. The summed E-state index contributed by atoms with van der Waals surface area (Å²) in [6.45, 7) is 3.54. The van der Waals surface area contributed by atoms with Crippen LogP contribution in [0.1, 0.15) is 43.7 Å². The number of aliphatic imine (C=N–C) groups is 1. The fraction of sp³-hybridized carbons (Fsp3) is 0.357. The van der Waals surface area contributed by atoms with E-state index in [9.17, 15) is 9.59 Å². The van der Waals surface area contributed by atoms with Crippen LogP contribution in [0, 0.1) is 0 Å². The van der Waals surface area contributed by atoms with Crippen LogP contribution in [0.2, 0.25) is 10.0 Å². The number of hydrogen-bond donors (Lipinski definition) is 4. The van der Waals surface area contributed by atoms with E-state index in [0.29, 0.717) is 48.0 Å². The van der Waals surface area contributed by atoms with Gasteiger partial charge in [-0.1, -0.05) is 40.5 Å². The Labute approximate surface area is 244 Å². The number of ether oxygens (including phenoxy) is 1. The normalized spacial score (nSPS) is 18.3. The van der Waals surface area contributed by atoms with Crippen LogP contribution < -0.4 is 26.4 Å². The first-order chi connectivity index (χ1) is 19.4. The first-order valence-corrected chi connectivity index (χ1v) is 13.8. The highest BCUT2D eigenvalue weighted by atomic mass is 35.5. The molecule has 10 nitrogen and oxygen atoms in total. The second-order valence-electron chi connectivity index (χ2n) is 8.84. The van der Waals surface area contributed by atoms with Gasteiger partial charge in [-0.2, -0.15) is 0 Å². The van der Waals surface area contributed by atoms with Gasteiger partial charge in [0.05, 0.1) is 41.0 Å². The fourth-order valence-corrected chi connectivity index (χ4v) is 4.32. The molecular formula is C28H34Cl2N6O4. The lowest BCUT2D eigenvalue weighted by Gasteiger charge is -2.12. The standard InChI is InChI=1S/C28H34Cl2N6O4/c1-2-40-36-24-16-25(37)35-28(31)33-17-19-14-22(29)27(23(30)15-19)34-26(38)18-32-12-6-4-3-5-7-13-39-21-10-8-20(24)9-11-21/h5,7-11,14-15,32H,2-4,6,12-13,16-18H2,1H3,(H,34,38)(H3,31,33,35,37)/b7-5+,36-24?. The smallest absolute Gasteiger partial charge is 0.238 e. The molecule has 12 heteroatoms. The Hall–Kier alpha value is -3.60. The van der Waals surface area contributed by atoms with Crippen LogP contribution in [0.4, 0.5) is 5.69 Å². The van der Waals surface area contributed by atoms with Crippen molar-refractivity contribution in [1.82, 2.24) is 10.6 Å². The van der Waals surface area contributed by atoms with Crippen molar-refractivity contribution < 1.29 is 19.2 Å². The molecule has 0 aromatic heterocycles. The number of benzene rings is 2. The Morgan fingerprint density at radius 3 is 2.52 bits per heavy atom. The molecule has 5 rings (SSSR count). The van der Waals surface area contributed by atoms with E-state index in [4.69, 9.17) is 38.5 Å². The molecule has 0 radical (unpaired) electrons. The Balaban J connectivity index is 1.77. The minimum Gasteiger partial charge on any atom is -0.490 e. The summed E-state index contributed by atoms with van der Waals surface area (Å²) in [7, 11) is 0. The lowest BCUT2D eigenvalue weighted by atomic mass is 10.1. The van der Waals surface area contributed by atoms with E-state index < -0.39 is 5.91 Å². The van der Waals surface area contributed by atoms with Gasteiger partial charge >= 0.3 is 0 Å². The predicted octanol–water partition coefficient (Wildman–Crippen LogP) is 4.40. The Morgan fingerprint density at radius 2 is 1.80 bits per heavy atom. The topological polar surface area (TPSA) is 139 Å². The summed E-state index contributed by atoms with van der Waals surface area (Å²) >= 11 is 12.7. The van der Waals surface area contributed by atoms with E-state index in [-0.39, 0.29) is 41.4 Å². The van der Waals surface area contributed by atoms with Gasteiger partial charge < -0.3 is 25.9 Å². The number of nitrogens with one attached hydrogen (secondary N) is 3. The lowest BCUT2D eigenvalue weighted by Crippen LogP contribution is -2.37. The number of fused-ring (bicyclic) bond motifs is 2. The number of oxime groups is 1. The maximum absolute atomic E-state index is 12.7.